The zero-order chi connectivity index (χ0) is 11.1. The predicted octanol–water partition coefficient (Wildman–Crippen LogP) is -6.26. The Bertz CT molecular complexity index is 630. The van der Waals surface area contributed by atoms with E-state index in [1.807, 2.05) is 0 Å². The molecular weight excluding hydrogens is 419 g/mol. The summed E-state index contributed by atoms with van der Waals surface area (Å²) in [5, 5.41) is 14.0. The summed E-state index contributed by atoms with van der Waals surface area (Å²) in [5.74, 6) is 0. The molecule has 0 saturated heterocycles. The summed E-state index contributed by atoms with van der Waals surface area (Å²) in [6.45, 7) is 0. The molecule has 80 valence electrons. The minimum Gasteiger partial charge on any atom is -0.540 e. The molecule has 1 aliphatic heterocycles. The van der Waals surface area contributed by atoms with E-state index in [1.165, 1.54) is 24.2 Å². The molecule has 18 heavy (non-hydrogen) atoms. The average Bonchev–Trinajstić information content (AvgIpc) is 2.28. The molecule has 1 aliphatic rings. The second-order valence-electron chi connectivity index (χ2n) is 2.89. The number of hydrogen-bond acceptors (Lipinski definition) is 6. The van der Waals surface area contributed by atoms with Crippen LogP contribution in [-0.2, 0) is 0 Å². The first kappa shape index (κ1) is 18.1. The van der Waals surface area contributed by atoms with Crippen LogP contribution in [0.4, 0.5) is 0 Å². The topological polar surface area (TPSA) is 88.1 Å². The third-order valence-electron chi connectivity index (χ3n) is 1.91. The second-order valence-corrected chi connectivity index (χ2v) is 4.99. The average molecular weight is 421 g/mol. The summed E-state index contributed by atoms with van der Waals surface area (Å²) in [6.07, 6.45) is 3.00. The van der Waals surface area contributed by atoms with Crippen LogP contribution >= 0.6 is 23.5 Å². The van der Waals surface area contributed by atoms with Crippen molar-refractivity contribution in [2.75, 3.05) is 0 Å². The van der Waals surface area contributed by atoms with Crippen LogP contribution in [0.5, 0.6) is 0 Å². The molecule has 0 amide bonds. The van der Waals surface area contributed by atoms with Gasteiger partial charge in [0.05, 0.1) is 9.79 Å². The number of rotatable bonds is 0. The Labute approximate surface area is 207 Å². The van der Waals surface area contributed by atoms with Gasteiger partial charge in [0, 0.05) is 22.2 Å². The van der Waals surface area contributed by atoms with Crippen molar-refractivity contribution >= 4 is 23.5 Å². The maximum Gasteiger partial charge on any atom is 1.00 e. The zero-order valence-corrected chi connectivity index (χ0v) is 21.0. The van der Waals surface area contributed by atoms with Crippen LogP contribution in [0.15, 0.2) is 41.6 Å². The van der Waals surface area contributed by atoms with Gasteiger partial charge < -0.3 is 30.0 Å². The van der Waals surface area contributed by atoms with E-state index in [0.29, 0.717) is 19.6 Å². The molecule has 3 heterocycles. The first-order chi connectivity index (χ1) is 7.75. The van der Waals surface area contributed by atoms with E-state index in [4.69, 9.17) is 0 Å². The van der Waals surface area contributed by atoms with E-state index in [9.17, 15) is 9.59 Å². The molecule has 0 aliphatic carbocycles. The molecule has 2 aromatic heterocycles. The Morgan fingerprint density at radius 1 is 0.833 bits per heavy atom. The van der Waals surface area contributed by atoms with Crippen molar-refractivity contribution < 1.29 is 116 Å². The van der Waals surface area contributed by atoms with Crippen molar-refractivity contribution in [2.24, 2.45) is 0 Å². The van der Waals surface area contributed by atoms with Gasteiger partial charge in [-0.15, -0.1) is 0 Å². The second kappa shape index (κ2) is 7.90. The van der Waals surface area contributed by atoms with Gasteiger partial charge in [0.25, 0.3) is 0 Å². The van der Waals surface area contributed by atoms with Crippen LogP contribution in [0.2, 0.25) is 0 Å². The van der Waals surface area contributed by atoms with Crippen LogP contribution in [0, 0.1) is 0 Å². The first-order valence-electron chi connectivity index (χ1n) is 4.17. The number of aromatic nitrogens is 4. The van der Waals surface area contributed by atoms with Crippen molar-refractivity contribution in [3.63, 3.8) is 0 Å². The molecule has 0 radical (unpaired) electrons. The monoisotopic (exact) mass is 420 g/mol. The molecule has 0 fully saturated rings. The van der Waals surface area contributed by atoms with Crippen LogP contribution in [0.25, 0.3) is 0 Å². The molecule has 3 rings (SSSR count). The third kappa shape index (κ3) is 3.63. The van der Waals surface area contributed by atoms with Gasteiger partial charge in [0.2, 0.25) is 0 Å². The van der Waals surface area contributed by atoms with E-state index >= 15 is 0 Å². The van der Waals surface area contributed by atoms with Gasteiger partial charge >= 0.3 is 116 Å². The van der Waals surface area contributed by atoms with E-state index in [2.05, 4.69) is 20.4 Å². The van der Waals surface area contributed by atoms with Crippen LogP contribution in [0.3, 0.4) is 0 Å². The van der Waals surface area contributed by atoms with Crippen LogP contribution in [0.1, 0.15) is 0 Å². The van der Waals surface area contributed by atoms with Crippen LogP contribution in [-0.4, -0.2) is 10.2 Å². The molecule has 0 aromatic carbocycles. The van der Waals surface area contributed by atoms with E-state index in [1.54, 1.807) is 0 Å². The fourth-order valence-electron chi connectivity index (χ4n) is 1.24. The summed E-state index contributed by atoms with van der Waals surface area (Å²) in [6, 6.07) is 0. The van der Waals surface area contributed by atoms with Crippen molar-refractivity contribution in [3.8, 4) is 0 Å². The van der Waals surface area contributed by atoms with Gasteiger partial charge in [0.15, 0.2) is 0 Å². The van der Waals surface area contributed by atoms with Crippen molar-refractivity contribution in [2.45, 2.75) is 19.6 Å². The number of fused-ring (bicyclic) bond motifs is 2. The summed E-state index contributed by atoms with van der Waals surface area (Å²) < 4.78 is 0. The minimum absolute atomic E-state index is 0. The summed E-state index contributed by atoms with van der Waals surface area (Å²) in [4.78, 5) is 25.1. The van der Waals surface area contributed by atoms with Gasteiger partial charge in [-0.1, -0.05) is 23.5 Å². The Kier molecular flexibility index (Phi) is 7.96. The van der Waals surface area contributed by atoms with E-state index in [0.717, 1.165) is 11.8 Å². The fourth-order valence-corrected chi connectivity index (χ4v) is 3.30. The Hall–Kier alpha value is 2.07. The van der Waals surface area contributed by atoms with Gasteiger partial charge in [-0.2, -0.15) is 0 Å². The molecule has 0 bridgehead atoms. The van der Waals surface area contributed by atoms with Gasteiger partial charge in [0.1, 0.15) is 11.1 Å². The quantitative estimate of drug-likeness (QED) is 0.355. The molecule has 10 heteroatoms. The van der Waals surface area contributed by atoms with Crippen molar-refractivity contribution in [1.82, 2.24) is 20.4 Å². The van der Waals surface area contributed by atoms with Crippen LogP contribution < -0.4 is 138 Å². The van der Waals surface area contributed by atoms with Crippen molar-refractivity contribution in [1.29, 1.82) is 0 Å². The van der Waals surface area contributed by atoms with Gasteiger partial charge in [-0.05, 0) is 0 Å². The molecule has 0 spiro atoms. The predicted molar refractivity (Wildman–Crippen MR) is 55.9 cm³/mol. The van der Waals surface area contributed by atoms with Crippen molar-refractivity contribution in [3.05, 3.63) is 33.1 Å². The van der Waals surface area contributed by atoms with Gasteiger partial charge in [-0.3, -0.25) is 0 Å². The normalized spacial score (nSPS) is 11.6. The molecule has 2 aromatic rings. The molecule has 6 nitrogen and oxygen atoms in total. The Balaban J connectivity index is 0.000000810. The van der Waals surface area contributed by atoms with E-state index in [-0.39, 0.29) is 116 Å². The maximum absolute atomic E-state index is 11.4. The fraction of sp³-hybridized carbons (Fsp3) is 0. The minimum atomic E-state index is -0.420. The summed E-state index contributed by atoms with van der Waals surface area (Å²) in [5.41, 5.74) is -0.839. The molecule has 0 unspecified atom stereocenters. The zero-order valence-electron chi connectivity index (χ0n) is 9.58. The molecule has 0 N–H and O–H groups in total. The standard InChI is InChI=1S/C8H4N4O2S2.2Rb/c13-7-5-3(1-9-11-7)15-4-2-10-12-8(14)6(4)16-5;;/h1-2H,(H2,11,12,13,14);;/q;2*+1/p-2. The summed E-state index contributed by atoms with van der Waals surface area (Å²) >= 11 is 2.37. The summed E-state index contributed by atoms with van der Waals surface area (Å²) in [7, 11) is 0. The molecular formula is C8H2N4O2Rb2S2. The first-order valence-corrected chi connectivity index (χ1v) is 5.80. The Morgan fingerprint density at radius 3 is 1.72 bits per heavy atom. The van der Waals surface area contributed by atoms with Gasteiger partial charge in [-0.25, -0.2) is 0 Å². The smallest absolute Gasteiger partial charge is 0.540 e. The largest absolute Gasteiger partial charge is 1.00 e. The van der Waals surface area contributed by atoms with E-state index < -0.39 is 11.1 Å². The molecule has 0 atom stereocenters. The molecule has 0 saturated carbocycles. The maximum atomic E-state index is 11.4. The number of hydrogen-bond donors (Lipinski definition) is 0. The third-order valence-corrected chi connectivity index (χ3v) is 4.42. The number of nitrogens with zero attached hydrogens (tertiary/aromatic N) is 4. The Morgan fingerprint density at radius 2 is 1.28 bits per heavy atom. The SMILES string of the molecule is O=c1[n-]ncc2c1Sc1c(cn[n-]c1=O)S2.[Rb+].[Rb+].